The number of benzene rings is 1. The second-order valence-corrected chi connectivity index (χ2v) is 6.37. The van der Waals surface area contributed by atoms with E-state index < -0.39 is 0 Å². The summed E-state index contributed by atoms with van der Waals surface area (Å²) in [5.74, 6) is 0.392. The van der Waals surface area contributed by atoms with Crippen LogP contribution in [0, 0.1) is 5.92 Å². The van der Waals surface area contributed by atoms with Gasteiger partial charge in [-0.05, 0) is 62.7 Å². The predicted octanol–water partition coefficient (Wildman–Crippen LogP) is 4.31. The molecule has 1 aromatic rings. The third kappa shape index (κ3) is 3.85. The monoisotopic (exact) mass is 311 g/mol. The molecule has 1 saturated carbocycles. The molecular weight excluding hydrogens is 293 g/mol. The highest BCUT2D eigenvalue weighted by Gasteiger charge is 2.26. The predicted molar refractivity (Wildman–Crippen MR) is 85.3 cm³/mol. The molecule has 0 bridgehead atoms. The van der Waals surface area contributed by atoms with Gasteiger partial charge in [-0.3, -0.25) is 4.79 Å². The summed E-state index contributed by atoms with van der Waals surface area (Å²) in [6.07, 6.45) is 4.85. The zero-order valence-corrected chi connectivity index (χ0v) is 13.3. The van der Waals surface area contributed by atoms with Crippen molar-refractivity contribution in [3.63, 3.8) is 0 Å². The molecule has 1 aliphatic rings. The number of hydrogen-bond donors (Lipinski definition) is 0. The number of allylic oxidation sites excluding steroid dienone is 1. The molecular formula is C16H19Cl2NO. The van der Waals surface area contributed by atoms with Gasteiger partial charge in [-0.15, -0.1) is 0 Å². The lowest BCUT2D eigenvalue weighted by molar-refractivity contribution is -0.120. The Hall–Kier alpha value is -0.830. The number of hydrogen-bond acceptors (Lipinski definition) is 2. The third-order valence-electron chi connectivity index (χ3n) is 3.56. The van der Waals surface area contributed by atoms with Gasteiger partial charge in [-0.25, -0.2) is 0 Å². The fourth-order valence-electron chi connectivity index (χ4n) is 2.62. The van der Waals surface area contributed by atoms with Crippen molar-refractivity contribution >= 4 is 35.1 Å². The summed E-state index contributed by atoms with van der Waals surface area (Å²) in [7, 11) is 4.01. The number of Topliss-reactive ketones (excluding diaryl/α,β-unsaturated/α-hetero) is 1. The molecule has 0 N–H and O–H groups in total. The van der Waals surface area contributed by atoms with E-state index in [1.807, 2.05) is 26.2 Å². The van der Waals surface area contributed by atoms with Crippen LogP contribution in [0.3, 0.4) is 0 Å². The molecule has 4 heteroatoms. The van der Waals surface area contributed by atoms with Crippen LogP contribution in [-0.2, 0) is 4.79 Å². The molecule has 0 heterocycles. The van der Waals surface area contributed by atoms with Crippen molar-refractivity contribution in [2.24, 2.45) is 5.92 Å². The molecule has 0 aliphatic heterocycles. The molecule has 0 saturated heterocycles. The van der Waals surface area contributed by atoms with Crippen LogP contribution in [0.25, 0.3) is 6.08 Å². The van der Waals surface area contributed by atoms with Gasteiger partial charge in [0.15, 0.2) is 5.78 Å². The van der Waals surface area contributed by atoms with Gasteiger partial charge in [0.05, 0.1) is 10.0 Å². The van der Waals surface area contributed by atoms with E-state index in [1.54, 1.807) is 12.1 Å². The SMILES string of the molecule is CN(C)C[C@H]1CCC/C(=C/c2ccc(Cl)c(Cl)c2)C1=O. The van der Waals surface area contributed by atoms with Crippen LogP contribution in [-0.4, -0.2) is 31.3 Å². The maximum Gasteiger partial charge on any atom is 0.163 e. The Balaban J connectivity index is 2.20. The lowest BCUT2D eigenvalue weighted by atomic mass is 9.83. The van der Waals surface area contributed by atoms with Gasteiger partial charge in [-0.2, -0.15) is 0 Å². The Morgan fingerprint density at radius 1 is 1.30 bits per heavy atom. The normalized spacial score (nSPS) is 21.8. The number of carbonyl (C=O) groups is 1. The minimum absolute atomic E-state index is 0.118. The number of rotatable bonds is 3. The summed E-state index contributed by atoms with van der Waals surface area (Å²) in [6, 6.07) is 5.46. The first-order valence-electron chi connectivity index (χ1n) is 6.82. The highest BCUT2D eigenvalue weighted by Crippen LogP contribution is 2.29. The smallest absolute Gasteiger partial charge is 0.163 e. The van der Waals surface area contributed by atoms with Crippen LogP contribution in [0.1, 0.15) is 24.8 Å². The van der Waals surface area contributed by atoms with Crippen molar-refractivity contribution in [3.8, 4) is 0 Å². The van der Waals surface area contributed by atoms with Gasteiger partial charge in [-0.1, -0.05) is 29.3 Å². The first-order valence-corrected chi connectivity index (χ1v) is 7.57. The second-order valence-electron chi connectivity index (χ2n) is 5.56. The minimum Gasteiger partial charge on any atom is -0.309 e. The van der Waals surface area contributed by atoms with Crippen molar-refractivity contribution in [2.75, 3.05) is 20.6 Å². The number of nitrogens with zero attached hydrogens (tertiary/aromatic N) is 1. The zero-order valence-electron chi connectivity index (χ0n) is 11.8. The van der Waals surface area contributed by atoms with Gasteiger partial charge in [0.2, 0.25) is 0 Å². The molecule has 0 amide bonds. The molecule has 1 fully saturated rings. The van der Waals surface area contributed by atoms with Crippen molar-refractivity contribution in [3.05, 3.63) is 39.4 Å². The minimum atomic E-state index is 0.118. The highest BCUT2D eigenvalue weighted by molar-refractivity contribution is 6.42. The van der Waals surface area contributed by atoms with Crippen LogP contribution in [0.5, 0.6) is 0 Å². The van der Waals surface area contributed by atoms with E-state index in [4.69, 9.17) is 23.2 Å². The van der Waals surface area contributed by atoms with Crippen LogP contribution in [0.15, 0.2) is 23.8 Å². The average molecular weight is 312 g/mol. The maximum atomic E-state index is 12.5. The standard InChI is InChI=1S/C16H19Cl2NO/c1-19(2)10-13-5-3-4-12(16(13)20)8-11-6-7-14(17)15(18)9-11/h6-9,13H,3-5,10H2,1-2H3/b12-8-/t13-/m1/s1. The van der Waals surface area contributed by atoms with Crippen LogP contribution >= 0.6 is 23.2 Å². The Morgan fingerprint density at radius 3 is 2.70 bits per heavy atom. The Kier molecular flexibility index (Phi) is 5.25. The van der Waals surface area contributed by atoms with Crippen LogP contribution in [0.2, 0.25) is 10.0 Å². The van der Waals surface area contributed by atoms with E-state index >= 15 is 0 Å². The Labute approximate surface area is 130 Å². The van der Waals surface area contributed by atoms with Gasteiger partial charge in [0.25, 0.3) is 0 Å². The topological polar surface area (TPSA) is 20.3 Å². The lowest BCUT2D eigenvalue weighted by Crippen LogP contribution is -2.31. The molecule has 108 valence electrons. The molecule has 1 aliphatic carbocycles. The average Bonchev–Trinajstić information content (AvgIpc) is 2.38. The van der Waals surface area contributed by atoms with E-state index in [2.05, 4.69) is 4.90 Å². The van der Waals surface area contributed by atoms with E-state index in [1.165, 1.54) is 0 Å². The third-order valence-corrected chi connectivity index (χ3v) is 4.30. The quantitative estimate of drug-likeness (QED) is 0.775. The molecule has 2 rings (SSSR count). The Bertz CT molecular complexity index is 537. The first-order chi connectivity index (χ1) is 9.47. The lowest BCUT2D eigenvalue weighted by Gasteiger charge is -2.25. The summed E-state index contributed by atoms with van der Waals surface area (Å²) in [6.45, 7) is 0.817. The number of ketones is 1. The van der Waals surface area contributed by atoms with Crippen LogP contribution in [0.4, 0.5) is 0 Å². The van der Waals surface area contributed by atoms with E-state index in [9.17, 15) is 4.79 Å². The number of carbonyl (C=O) groups excluding carboxylic acids is 1. The number of halogens is 2. The van der Waals surface area contributed by atoms with Gasteiger partial charge < -0.3 is 4.90 Å². The molecule has 0 radical (unpaired) electrons. The van der Waals surface area contributed by atoms with Gasteiger partial charge in [0, 0.05) is 12.5 Å². The highest BCUT2D eigenvalue weighted by atomic mass is 35.5. The maximum absolute atomic E-state index is 12.5. The van der Waals surface area contributed by atoms with E-state index in [-0.39, 0.29) is 11.7 Å². The zero-order chi connectivity index (χ0) is 14.7. The Morgan fingerprint density at radius 2 is 2.05 bits per heavy atom. The summed E-state index contributed by atoms with van der Waals surface area (Å²) in [5, 5.41) is 1.06. The molecule has 1 atom stereocenters. The first kappa shape index (κ1) is 15.6. The largest absolute Gasteiger partial charge is 0.309 e. The molecule has 0 unspecified atom stereocenters. The van der Waals surface area contributed by atoms with E-state index in [0.717, 1.165) is 36.9 Å². The molecule has 20 heavy (non-hydrogen) atoms. The molecule has 0 aromatic heterocycles. The van der Waals surface area contributed by atoms with Gasteiger partial charge in [0.1, 0.15) is 0 Å². The van der Waals surface area contributed by atoms with E-state index in [0.29, 0.717) is 10.0 Å². The van der Waals surface area contributed by atoms with Gasteiger partial charge >= 0.3 is 0 Å². The summed E-state index contributed by atoms with van der Waals surface area (Å²) in [5.41, 5.74) is 1.84. The summed E-state index contributed by atoms with van der Waals surface area (Å²) < 4.78 is 0. The fourth-order valence-corrected chi connectivity index (χ4v) is 2.92. The molecule has 2 nitrogen and oxygen atoms in total. The van der Waals surface area contributed by atoms with Crippen molar-refractivity contribution < 1.29 is 4.79 Å². The van der Waals surface area contributed by atoms with Crippen LogP contribution < -0.4 is 0 Å². The van der Waals surface area contributed by atoms with Crippen molar-refractivity contribution in [2.45, 2.75) is 19.3 Å². The second kappa shape index (κ2) is 6.75. The summed E-state index contributed by atoms with van der Waals surface area (Å²) >= 11 is 11.9. The molecule has 1 aromatic carbocycles. The van der Waals surface area contributed by atoms with Crippen molar-refractivity contribution in [1.29, 1.82) is 0 Å². The van der Waals surface area contributed by atoms with Crippen molar-refractivity contribution in [1.82, 2.24) is 4.90 Å². The molecule has 0 spiro atoms. The summed E-state index contributed by atoms with van der Waals surface area (Å²) in [4.78, 5) is 14.5. The fraction of sp³-hybridized carbons (Fsp3) is 0.438.